The van der Waals surface area contributed by atoms with Gasteiger partial charge in [-0.1, -0.05) is 29.8 Å². The van der Waals surface area contributed by atoms with E-state index in [1.165, 1.54) is 0 Å². The van der Waals surface area contributed by atoms with Crippen LogP contribution in [0.4, 0.5) is 0 Å². The summed E-state index contributed by atoms with van der Waals surface area (Å²) >= 11 is 6.19. The normalized spacial score (nSPS) is 14.8. The van der Waals surface area contributed by atoms with Crippen molar-refractivity contribution in [2.75, 3.05) is 6.54 Å². The maximum absolute atomic E-state index is 13.4. The first-order valence-electron chi connectivity index (χ1n) is 9.59. The van der Waals surface area contributed by atoms with E-state index in [-0.39, 0.29) is 23.4 Å². The Morgan fingerprint density at radius 2 is 2.00 bits per heavy atom. The molecule has 1 aromatic heterocycles. The highest BCUT2D eigenvalue weighted by Gasteiger charge is 2.36. The highest BCUT2D eigenvalue weighted by atomic mass is 35.5. The van der Waals surface area contributed by atoms with Gasteiger partial charge in [0.05, 0.1) is 22.6 Å². The van der Waals surface area contributed by atoms with Crippen LogP contribution >= 0.6 is 11.6 Å². The third-order valence-corrected chi connectivity index (χ3v) is 5.49. The van der Waals surface area contributed by atoms with E-state index in [0.29, 0.717) is 34.0 Å². The summed E-state index contributed by atoms with van der Waals surface area (Å²) in [4.78, 5) is 32.8. The molecule has 0 saturated heterocycles. The summed E-state index contributed by atoms with van der Waals surface area (Å²) in [6, 6.07) is 14.1. The summed E-state index contributed by atoms with van der Waals surface area (Å²) in [5.74, 6) is 0.783. The minimum atomic E-state index is -0.339. The van der Waals surface area contributed by atoms with Crippen molar-refractivity contribution < 1.29 is 4.79 Å². The zero-order valence-electron chi connectivity index (χ0n) is 15.9. The molecule has 1 heterocycles. The van der Waals surface area contributed by atoms with Crippen LogP contribution in [-0.2, 0) is 4.79 Å². The number of hydrogen-bond acceptors (Lipinski definition) is 3. The van der Waals surface area contributed by atoms with Crippen LogP contribution < -0.4 is 5.56 Å². The van der Waals surface area contributed by atoms with Crippen molar-refractivity contribution in [1.29, 1.82) is 0 Å². The van der Waals surface area contributed by atoms with Crippen molar-refractivity contribution in [2.45, 2.75) is 32.7 Å². The molecule has 0 radical (unpaired) electrons. The van der Waals surface area contributed by atoms with Crippen LogP contribution in [0.5, 0.6) is 0 Å². The van der Waals surface area contributed by atoms with Crippen LogP contribution in [0.1, 0.15) is 38.6 Å². The van der Waals surface area contributed by atoms with E-state index in [0.717, 1.165) is 12.8 Å². The SMILES string of the molecule is CCN(C(=O)C1CC1)C(C)c1nc2ccccc2c(=O)n1-c1cccc(Cl)c1. The van der Waals surface area contributed by atoms with Gasteiger partial charge in [-0.15, -0.1) is 0 Å². The lowest BCUT2D eigenvalue weighted by molar-refractivity contribution is -0.134. The summed E-state index contributed by atoms with van der Waals surface area (Å²) in [5, 5.41) is 1.08. The fourth-order valence-electron chi connectivity index (χ4n) is 3.62. The maximum atomic E-state index is 13.4. The second-order valence-corrected chi connectivity index (χ2v) is 7.62. The Bertz CT molecular complexity index is 1100. The molecule has 1 unspecified atom stereocenters. The first-order chi connectivity index (χ1) is 13.5. The molecule has 3 aromatic rings. The van der Waals surface area contributed by atoms with Crippen LogP contribution in [0.2, 0.25) is 5.02 Å². The van der Waals surface area contributed by atoms with Crippen molar-refractivity contribution in [2.24, 2.45) is 5.92 Å². The summed E-state index contributed by atoms with van der Waals surface area (Å²) in [6.45, 7) is 4.45. The van der Waals surface area contributed by atoms with E-state index >= 15 is 0 Å². The van der Waals surface area contributed by atoms with Crippen LogP contribution in [0, 0.1) is 5.92 Å². The predicted molar refractivity (Wildman–Crippen MR) is 111 cm³/mol. The van der Waals surface area contributed by atoms with Gasteiger partial charge < -0.3 is 4.90 Å². The largest absolute Gasteiger partial charge is 0.333 e. The monoisotopic (exact) mass is 395 g/mol. The van der Waals surface area contributed by atoms with Gasteiger partial charge in [-0.3, -0.25) is 14.2 Å². The molecule has 1 fully saturated rings. The van der Waals surface area contributed by atoms with Gasteiger partial charge in [0, 0.05) is 17.5 Å². The Morgan fingerprint density at radius 1 is 1.25 bits per heavy atom. The molecule has 2 aromatic carbocycles. The van der Waals surface area contributed by atoms with Gasteiger partial charge in [0.25, 0.3) is 5.56 Å². The smallest absolute Gasteiger partial charge is 0.266 e. The summed E-state index contributed by atoms with van der Waals surface area (Å²) in [5.41, 5.74) is 1.11. The van der Waals surface area contributed by atoms with Crippen molar-refractivity contribution in [3.05, 3.63) is 69.7 Å². The first-order valence-corrected chi connectivity index (χ1v) is 9.97. The molecule has 6 heteroatoms. The molecular weight excluding hydrogens is 374 g/mol. The molecule has 5 nitrogen and oxygen atoms in total. The maximum Gasteiger partial charge on any atom is 0.266 e. The Balaban J connectivity index is 1.94. The lowest BCUT2D eigenvalue weighted by atomic mass is 10.1. The fraction of sp³-hybridized carbons (Fsp3) is 0.318. The average molecular weight is 396 g/mol. The minimum absolute atomic E-state index is 0.106. The number of carbonyl (C=O) groups is 1. The fourth-order valence-corrected chi connectivity index (χ4v) is 3.80. The van der Waals surface area contributed by atoms with Crippen molar-refractivity contribution in [3.63, 3.8) is 0 Å². The van der Waals surface area contributed by atoms with E-state index in [2.05, 4.69) is 0 Å². The second kappa shape index (κ2) is 7.40. The van der Waals surface area contributed by atoms with E-state index in [9.17, 15) is 9.59 Å². The van der Waals surface area contributed by atoms with Gasteiger partial charge in [0.1, 0.15) is 5.82 Å². The highest BCUT2D eigenvalue weighted by molar-refractivity contribution is 6.30. The molecule has 4 rings (SSSR count). The number of halogens is 1. The summed E-state index contributed by atoms with van der Waals surface area (Å²) in [6.07, 6.45) is 1.88. The zero-order chi connectivity index (χ0) is 19.8. The van der Waals surface area contributed by atoms with Gasteiger partial charge in [-0.2, -0.15) is 0 Å². The predicted octanol–water partition coefficient (Wildman–Crippen LogP) is 4.36. The number of carbonyl (C=O) groups excluding carboxylic acids is 1. The van der Waals surface area contributed by atoms with Crippen LogP contribution in [0.15, 0.2) is 53.3 Å². The van der Waals surface area contributed by atoms with Gasteiger partial charge >= 0.3 is 0 Å². The van der Waals surface area contributed by atoms with Crippen molar-refractivity contribution in [1.82, 2.24) is 14.5 Å². The van der Waals surface area contributed by atoms with E-state index in [1.807, 2.05) is 43.0 Å². The molecule has 144 valence electrons. The molecule has 0 spiro atoms. The molecule has 0 N–H and O–H groups in total. The third-order valence-electron chi connectivity index (χ3n) is 5.26. The Morgan fingerprint density at radius 3 is 2.68 bits per heavy atom. The minimum Gasteiger partial charge on any atom is -0.333 e. The van der Waals surface area contributed by atoms with Crippen molar-refractivity contribution >= 4 is 28.4 Å². The number of rotatable bonds is 5. The molecule has 1 aliphatic carbocycles. The average Bonchev–Trinajstić information content (AvgIpc) is 3.53. The summed E-state index contributed by atoms with van der Waals surface area (Å²) in [7, 11) is 0. The number of amides is 1. The second-order valence-electron chi connectivity index (χ2n) is 7.18. The molecule has 0 aliphatic heterocycles. The van der Waals surface area contributed by atoms with Crippen LogP contribution in [0.25, 0.3) is 16.6 Å². The topological polar surface area (TPSA) is 55.2 Å². The van der Waals surface area contributed by atoms with Gasteiger partial charge in [-0.05, 0) is 57.0 Å². The molecule has 1 saturated carbocycles. The number of benzene rings is 2. The molecule has 28 heavy (non-hydrogen) atoms. The Kier molecular flexibility index (Phi) is 4.94. The molecule has 1 atom stereocenters. The lowest BCUT2D eigenvalue weighted by Gasteiger charge is -2.29. The van der Waals surface area contributed by atoms with Gasteiger partial charge in [0.15, 0.2) is 0 Å². The van der Waals surface area contributed by atoms with Crippen LogP contribution in [0.3, 0.4) is 0 Å². The Hall–Kier alpha value is -2.66. The number of hydrogen-bond donors (Lipinski definition) is 0. The number of para-hydroxylation sites is 1. The number of nitrogens with zero attached hydrogens (tertiary/aromatic N) is 3. The molecular formula is C22H22ClN3O2. The van der Waals surface area contributed by atoms with Gasteiger partial charge in [0.2, 0.25) is 5.91 Å². The molecule has 0 bridgehead atoms. The number of aromatic nitrogens is 2. The van der Waals surface area contributed by atoms with Gasteiger partial charge in [-0.25, -0.2) is 4.98 Å². The standard InChI is InChI=1S/C22H22ClN3O2/c1-3-25(21(27)15-11-12-15)14(2)20-24-19-10-5-4-9-18(19)22(28)26(20)17-8-6-7-16(23)13-17/h4-10,13-15H,3,11-12H2,1-2H3. The van der Waals surface area contributed by atoms with Crippen LogP contribution in [-0.4, -0.2) is 26.9 Å². The highest BCUT2D eigenvalue weighted by Crippen LogP contribution is 2.34. The quantitative estimate of drug-likeness (QED) is 0.645. The zero-order valence-corrected chi connectivity index (χ0v) is 16.7. The first kappa shape index (κ1) is 18.7. The third kappa shape index (κ3) is 3.31. The summed E-state index contributed by atoms with van der Waals surface area (Å²) < 4.78 is 1.59. The van der Waals surface area contributed by atoms with E-state index < -0.39 is 0 Å². The van der Waals surface area contributed by atoms with Crippen molar-refractivity contribution in [3.8, 4) is 5.69 Å². The Labute approximate surface area is 168 Å². The number of fused-ring (bicyclic) bond motifs is 1. The van der Waals surface area contributed by atoms with E-state index in [4.69, 9.17) is 16.6 Å². The molecule has 1 amide bonds. The molecule has 1 aliphatic rings. The lowest BCUT2D eigenvalue weighted by Crippen LogP contribution is -2.38. The van der Waals surface area contributed by atoms with E-state index in [1.54, 1.807) is 28.8 Å².